The van der Waals surface area contributed by atoms with Gasteiger partial charge in [0, 0.05) is 34.7 Å². The molecule has 4 rings (SSSR count). The Morgan fingerprint density at radius 3 is 2.87 bits per heavy atom. The Hall–Kier alpha value is -3.53. The molecule has 2 aliphatic heterocycles. The van der Waals surface area contributed by atoms with Crippen molar-refractivity contribution in [1.82, 2.24) is 10.3 Å². The van der Waals surface area contributed by atoms with Crippen LogP contribution in [0.3, 0.4) is 0 Å². The maximum Gasteiger partial charge on any atom is 0.270 e. The van der Waals surface area contributed by atoms with Crippen LogP contribution in [0.2, 0.25) is 0 Å². The van der Waals surface area contributed by atoms with E-state index in [0.29, 0.717) is 22.2 Å². The van der Waals surface area contributed by atoms with E-state index in [0.717, 1.165) is 11.3 Å². The van der Waals surface area contributed by atoms with Crippen LogP contribution in [0.1, 0.15) is 23.3 Å². The number of methoxy groups -OCH3 is 1. The molecular weight excluding hydrogens is 406 g/mol. The quantitative estimate of drug-likeness (QED) is 0.429. The predicted molar refractivity (Wildman–Crippen MR) is 115 cm³/mol. The smallest absolute Gasteiger partial charge is 0.270 e. The number of amidine groups is 1. The van der Waals surface area contributed by atoms with Gasteiger partial charge in [-0.1, -0.05) is 36.0 Å². The van der Waals surface area contributed by atoms with E-state index in [4.69, 9.17) is 4.74 Å². The number of para-hydroxylation sites is 1. The minimum absolute atomic E-state index is 0.0743. The summed E-state index contributed by atoms with van der Waals surface area (Å²) < 4.78 is 5.46. The van der Waals surface area contributed by atoms with Gasteiger partial charge in [-0.05, 0) is 12.1 Å². The van der Waals surface area contributed by atoms with Crippen LogP contribution in [0.25, 0.3) is 0 Å². The van der Waals surface area contributed by atoms with Gasteiger partial charge in [-0.15, -0.1) is 11.7 Å². The molecule has 0 unspecified atom stereocenters. The van der Waals surface area contributed by atoms with Crippen LogP contribution in [-0.4, -0.2) is 33.9 Å². The Kier molecular flexibility index (Phi) is 5.32. The van der Waals surface area contributed by atoms with Crippen molar-refractivity contribution in [2.75, 3.05) is 18.2 Å². The SMILES string of the molecule is C=CCSC1=NN2[C@H](c3cc([N+](=O)[O-])ccc3OC)Nc3ccccc3[C@@H]2C(=O)N1. The lowest BCUT2D eigenvalue weighted by Gasteiger charge is -2.43. The van der Waals surface area contributed by atoms with Crippen molar-refractivity contribution in [3.05, 3.63) is 76.4 Å². The Morgan fingerprint density at radius 2 is 2.13 bits per heavy atom. The maximum absolute atomic E-state index is 13.0. The summed E-state index contributed by atoms with van der Waals surface area (Å²) in [7, 11) is 1.50. The number of hydrogen-bond acceptors (Lipinski definition) is 8. The van der Waals surface area contributed by atoms with Gasteiger partial charge < -0.3 is 15.4 Å². The summed E-state index contributed by atoms with van der Waals surface area (Å²) in [6, 6.07) is 11.1. The van der Waals surface area contributed by atoms with Gasteiger partial charge in [0.25, 0.3) is 11.6 Å². The van der Waals surface area contributed by atoms with Crippen molar-refractivity contribution in [2.45, 2.75) is 12.2 Å². The normalized spacial score (nSPS) is 19.6. The molecule has 2 aromatic carbocycles. The number of amides is 1. The highest BCUT2D eigenvalue weighted by molar-refractivity contribution is 8.14. The molecule has 154 valence electrons. The summed E-state index contributed by atoms with van der Waals surface area (Å²) in [4.78, 5) is 23.9. The molecule has 2 N–H and O–H groups in total. The van der Waals surface area contributed by atoms with Crippen LogP contribution >= 0.6 is 11.8 Å². The molecule has 0 saturated heterocycles. The van der Waals surface area contributed by atoms with Crippen LogP contribution in [-0.2, 0) is 4.79 Å². The first kappa shape index (κ1) is 19.8. The predicted octanol–water partition coefficient (Wildman–Crippen LogP) is 3.39. The molecule has 0 spiro atoms. The third kappa shape index (κ3) is 3.45. The zero-order valence-electron chi connectivity index (χ0n) is 16.1. The maximum atomic E-state index is 13.0. The Balaban J connectivity index is 1.87. The highest BCUT2D eigenvalue weighted by Gasteiger charge is 2.43. The largest absolute Gasteiger partial charge is 0.496 e. The molecule has 30 heavy (non-hydrogen) atoms. The molecule has 0 aromatic heterocycles. The third-order valence-electron chi connectivity index (χ3n) is 4.82. The lowest BCUT2D eigenvalue weighted by Crippen LogP contribution is -2.51. The molecule has 10 heteroatoms. The molecule has 0 fully saturated rings. The van der Waals surface area contributed by atoms with Gasteiger partial charge in [-0.2, -0.15) is 0 Å². The lowest BCUT2D eigenvalue weighted by molar-refractivity contribution is -0.385. The average Bonchev–Trinajstić information content (AvgIpc) is 2.76. The molecule has 2 heterocycles. The Bertz CT molecular complexity index is 1060. The number of carbonyl (C=O) groups is 1. The van der Waals surface area contributed by atoms with E-state index in [9.17, 15) is 14.9 Å². The Labute approximate surface area is 176 Å². The first-order chi connectivity index (χ1) is 14.5. The minimum atomic E-state index is -0.690. The highest BCUT2D eigenvalue weighted by atomic mass is 32.2. The Morgan fingerprint density at radius 1 is 1.33 bits per heavy atom. The number of hydrogen-bond donors (Lipinski definition) is 2. The molecule has 2 aromatic rings. The number of nitro groups is 1. The summed E-state index contributed by atoms with van der Waals surface area (Å²) in [5.74, 6) is 0.810. The molecule has 0 radical (unpaired) electrons. The fourth-order valence-corrected chi connectivity index (χ4v) is 4.12. The van der Waals surface area contributed by atoms with Gasteiger partial charge in [-0.25, -0.2) is 0 Å². The van der Waals surface area contributed by atoms with Crippen molar-refractivity contribution >= 4 is 34.2 Å². The topological polar surface area (TPSA) is 109 Å². The first-order valence-corrected chi connectivity index (χ1v) is 10.1. The van der Waals surface area contributed by atoms with Crippen LogP contribution in [0.5, 0.6) is 5.75 Å². The summed E-state index contributed by atoms with van der Waals surface area (Å²) in [6.45, 7) is 3.69. The third-order valence-corrected chi connectivity index (χ3v) is 5.68. The molecule has 9 nitrogen and oxygen atoms in total. The molecule has 2 aliphatic rings. The molecule has 0 bridgehead atoms. The van der Waals surface area contributed by atoms with Crippen LogP contribution in [0.4, 0.5) is 11.4 Å². The van der Waals surface area contributed by atoms with Crippen molar-refractivity contribution in [1.29, 1.82) is 0 Å². The van der Waals surface area contributed by atoms with Crippen LogP contribution in [0, 0.1) is 10.1 Å². The van der Waals surface area contributed by atoms with E-state index in [1.54, 1.807) is 17.2 Å². The zero-order chi connectivity index (χ0) is 21.3. The van der Waals surface area contributed by atoms with E-state index in [2.05, 4.69) is 22.3 Å². The molecule has 1 amide bonds. The number of fused-ring (bicyclic) bond motifs is 3. The van der Waals surface area contributed by atoms with Crippen molar-refractivity contribution < 1.29 is 14.5 Å². The first-order valence-electron chi connectivity index (χ1n) is 9.12. The summed E-state index contributed by atoms with van der Waals surface area (Å²) in [5, 5.41) is 24.3. The van der Waals surface area contributed by atoms with E-state index >= 15 is 0 Å². The number of thioether (sulfide) groups is 1. The fraction of sp³-hybridized carbons (Fsp3) is 0.200. The van der Waals surface area contributed by atoms with Gasteiger partial charge in [0.05, 0.1) is 12.0 Å². The molecular formula is C20H19N5O4S. The second-order valence-electron chi connectivity index (χ2n) is 6.59. The number of benzene rings is 2. The number of non-ortho nitro benzene ring substituents is 1. The van der Waals surface area contributed by atoms with Gasteiger partial charge in [0.2, 0.25) is 0 Å². The number of hydrazone groups is 1. The van der Waals surface area contributed by atoms with E-state index in [-0.39, 0.29) is 11.6 Å². The van der Waals surface area contributed by atoms with Crippen LogP contribution in [0.15, 0.2) is 60.2 Å². The number of nitrogens with zero attached hydrogens (tertiary/aromatic N) is 3. The number of ether oxygens (including phenoxy) is 1. The number of anilines is 1. The minimum Gasteiger partial charge on any atom is -0.496 e. The summed E-state index contributed by atoms with van der Waals surface area (Å²) in [6.07, 6.45) is 1.07. The van der Waals surface area contributed by atoms with Gasteiger partial charge in [0.15, 0.2) is 11.2 Å². The zero-order valence-corrected chi connectivity index (χ0v) is 16.9. The lowest BCUT2D eigenvalue weighted by atomic mass is 9.96. The summed E-state index contributed by atoms with van der Waals surface area (Å²) >= 11 is 1.34. The van der Waals surface area contributed by atoms with E-state index < -0.39 is 17.1 Å². The number of nitro benzene ring substituents is 1. The van der Waals surface area contributed by atoms with Gasteiger partial charge in [-0.3, -0.25) is 19.9 Å². The van der Waals surface area contributed by atoms with Crippen LogP contribution < -0.4 is 15.4 Å². The average molecular weight is 425 g/mol. The molecule has 0 saturated carbocycles. The fourth-order valence-electron chi connectivity index (χ4n) is 3.52. The standard InChI is InChI=1S/C20H19N5O4S/c1-3-10-30-20-22-19(26)17-13-6-4-5-7-15(13)21-18(24(17)23-20)14-11-12(25(27)28)8-9-16(14)29-2/h3-9,11,17-18,21H,1,10H2,2H3,(H,22,23,26)/t17-,18-/m1/s1. The molecule has 2 atom stereocenters. The summed E-state index contributed by atoms with van der Waals surface area (Å²) in [5.41, 5.74) is 1.96. The number of nitrogens with one attached hydrogen (secondary N) is 2. The second-order valence-corrected chi connectivity index (χ2v) is 7.60. The second kappa shape index (κ2) is 8.07. The van der Waals surface area contributed by atoms with Crippen molar-refractivity contribution in [3.8, 4) is 5.75 Å². The van der Waals surface area contributed by atoms with Crippen molar-refractivity contribution in [2.24, 2.45) is 5.10 Å². The van der Waals surface area contributed by atoms with Gasteiger partial charge in [0.1, 0.15) is 11.9 Å². The molecule has 0 aliphatic carbocycles. The van der Waals surface area contributed by atoms with Crippen molar-refractivity contribution in [3.63, 3.8) is 0 Å². The highest BCUT2D eigenvalue weighted by Crippen LogP contribution is 2.45. The van der Waals surface area contributed by atoms with E-state index in [1.165, 1.54) is 31.0 Å². The number of rotatable bonds is 5. The number of carbonyl (C=O) groups excluding carboxylic acids is 1. The van der Waals surface area contributed by atoms with Gasteiger partial charge >= 0.3 is 0 Å². The monoisotopic (exact) mass is 425 g/mol. The van der Waals surface area contributed by atoms with E-state index in [1.807, 2.05) is 24.3 Å².